The third-order valence-corrected chi connectivity index (χ3v) is 8.71. The maximum Gasteiger partial charge on any atom is 0.327 e. The number of benzene rings is 3. The number of urea groups is 1. The number of anilines is 6. The van der Waals surface area contributed by atoms with Gasteiger partial charge in [-0.1, -0.05) is 35.3 Å². The Balaban J connectivity index is 1.28. The largest absolute Gasteiger partial charge is 0.495 e. The number of nitrogen functional groups attached to an aromatic ring is 1. The molecule has 1 saturated heterocycles. The van der Waals surface area contributed by atoms with Gasteiger partial charge in [-0.2, -0.15) is 0 Å². The van der Waals surface area contributed by atoms with Gasteiger partial charge in [0.15, 0.2) is 0 Å². The van der Waals surface area contributed by atoms with Crippen molar-refractivity contribution in [3.63, 3.8) is 0 Å². The summed E-state index contributed by atoms with van der Waals surface area (Å²) in [6.07, 6.45) is 1.39. The summed E-state index contributed by atoms with van der Waals surface area (Å²) in [5.41, 5.74) is 9.32. The third kappa shape index (κ3) is 6.50. The van der Waals surface area contributed by atoms with E-state index in [0.29, 0.717) is 30.0 Å². The maximum atomic E-state index is 13.9. The minimum absolute atomic E-state index is 0.122. The molecule has 0 spiro atoms. The lowest BCUT2D eigenvalue weighted by molar-refractivity contribution is 0.188. The summed E-state index contributed by atoms with van der Waals surface area (Å²) < 4.78 is 16.9. The smallest absolute Gasteiger partial charge is 0.327 e. The molecule has 4 aromatic rings. The van der Waals surface area contributed by atoms with Gasteiger partial charge < -0.3 is 40.4 Å². The van der Waals surface area contributed by atoms with E-state index < -0.39 is 6.03 Å². The number of carbonyl (C=O) groups excluding carboxylic acids is 1. The number of fused-ring (bicyclic) bond motifs is 3. The van der Waals surface area contributed by atoms with Crippen molar-refractivity contribution < 1.29 is 19.0 Å². The molecule has 2 amide bonds. The molecule has 1 fully saturated rings. The highest BCUT2D eigenvalue weighted by atomic mass is 35.5. The molecule has 4 N–H and O–H groups in total. The van der Waals surface area contributed by atoms with E-state index in [1.165, 1.54) is 25.4 Å². The van der Waals surface area contributed by atoms with E-state index in [4.69, 9.17) is 43.1 Å². The zero-order valence-electron chi connectivity index (χ0n) is 25.6. The summed E-state index contributed by atoms with van der Waals surface area (Å²) in [5.74, 6) is 2.19. The SMILES string of the molecule is COc1cc(OC)c(Cl)c(NC(=O)N(Cc2ccc(N)cc2)c2cc(Nc3ccc4c(c3)OC[C@@H]3CN(C)CCN43)ncn2)c1Cl. The van der Waals surface area contributed by atoms with Crippen molar-refractivity contribution in [1.29, 1.82) is 0 Å². The number of piperazine rings is 1. The Kier molecular flexibility index (Phi) is 9.11. The van der Waals surface area contributed by atoms with Crippen molar-refractivity contribution in [2.24, 2.45) is 0 Å². The number of ether oxygens (including phenoxy) is 3. The Morgan fingerprint density at radius 3 is 2.50 bits per heavy atom. The van der Waals surface area contributed by atoms with E-state index in [0.717, 1.165) is 42.3 Å². The van der Waals surface area contributed by atoms with E-state index >= 15 is 0 Å². The summed E-state index contributed by atoms with van der Waals surface area (Å²) in [7, 11) is 5.05. The zero-order valence-corrected chi connectivity index (χ0v) is 27.1. The summed E-state index contributed by atoms with van der Waals surface area (Å²) in [4.78, 5) is 29.0. The van der Waals surface area contributed by atoms with Crippen LogP contribution in [0.25, 0.3) is 0 Å². The Morgan fingerprint density at radius 2 is 1.78 bits per heavy atom. The zero-order chi connectivity index (χ0) is 32.4. The van der Waals surface area contributed by atoms with Gasteiger partial charge in [0, 0.05) is 49.2 Å². The number of halogens is 2. The molecule has 2 aliphatic heterocycles. The molecule has 3 aromatic carbocycles. The number of rotatable bonds is 8. The number of nitrogens with two attached hydrogens (primary N) is 1. The molecular formula is C32H34Cl2N8O4. The van der Waals surface area contributed by atoms with Crippen LogP contribution in [0.15, 0.2) is 60.9 Å². The number of likely N-dealkylation sites (N-methyl/N-ethyl adjacent to an activating group) is 1. The molecule has 14 heteroatoms. The van der Waals surface area contributed by atoms with E-state index in [-0.39, 0.29) is 33.8 Å². The standard InChI is InChI=1S/C32H34Cl2N8O4/c1-40-10-11-41-22(16-40)17-46-24-12-21(8-9-23(24)41)38-27-14-28(37-18-36-27)42(15-19-4-6-20(35)7-5-19)32(43)39-31-29(33)25(44-2)13-26(45-3)30(31)34/h4-9,12-14,18,22H,10-11,15-17,35H2,1-3H3,(H,39,43)(H,36,37,38)/t22-/m0/s1. The number of hydrogen-bond acceptors (Lipinski definition) is 10. The molecule has 0 unspecified atom stereocenters. The highest BCUT2D eigenvalue weighted by molar-refractivity contribution is 6.41. The van der Waals surface area contributed by atoms with Crippen molar-refractivity contribution >= 4 is 63.6 Å². The number of nitrogens with one attached hydrogen (secondary N) is 2. The molecule has 1 atom stereocenters. The number of amides is 2. The van der Waals surface area contributed by atoms with Gasteiger partial charge >= 0.3 is 6.03 Å². The molecule has 46 heavy (non-hydrogen) atoms. The highest BCUT2D eigenvalue weighted by Crippen LogP contribution is 2.44. The van der Waals surface area contributed by atoms with Gasteiger partial charge in [0.05, 0.1) is 38.2 Å². The van der Waals surface area contributed by atoms with Crippen LogP contribution in [0.3, 0.4) is 0 Å². The lowest BCUT2D eigenvalue weighted by Gasteiger charge is -2.44. The number of methoxy groups -OCH3 is 2. The van der Waals surface area contributed by atoms with Gasteiger partial charge in [0.1, 0.15) is 51.9 Å². The number of nitrogens with zero attached hydrogens (tertiary/aromatic N) is 5. The predicted octanol–water partition coefficient (Wildman–Crippen LogP) is 5.88. The van der Waals surface area contributed by atoms with Crippen LogP contribution in [-0.4, -0.2) is 74.4 Å². The topological polar surface area (TPSA) is 130 Å². The number of carbonyl (C=O) groups is 1. The molecule has 0 radical (unpaired) electrons. The summed E-state index contributed by atoms with van der Waals surface area (Å²) in [6, 6.07) is 16.2. The van der Waals surface area contributed by atoms with Crippen LogP contribution in [0, 0.1) is 0 Å². The average Bonchev–Trinajstić information content (AvgIpc) is 3.06. The summed E-state index contributed by atoms with van der Waals surface area (Å²) in [5, 5.41) is 6.39. The Labute approximate surface area is 277 Å². The Morgan fingerprint density at radius 1 is 1.04 bits per heavy atom. The van der Waals surface area contributed by atoms with Gasteiger partial charge in [-0.05, 0) is 36.9 Å². The summed E-state index contributed by atoms with van der Waals surface area (Å²) in [6.45, 7) is 3.69. The molecule has 3 heterocycles. The van der Waals surface area contributed by atoms with Crippen LogP contribution >= 0.6 is 23.2 Å². The fourth-order valence-electron chi connectivity index (χ4n) is 5.54. The van der Waals surface area contributed by atoms with E-state index in [1.54, 1.807) is 24.3 Å². The first kappa shape index (κ1) is 31.3. The van der Waals surface area contributed by atoms with Crippen LogP contribution in [-0.2, 0) is 6.54 Å². The lowest BCUT2D eigenvalue weighted by atomic mass is 10.1. The van der Waals surface area contributed by atoms with Crippen molar-refractivity contribution in [1.82, 2.24) is 14.9 Å². The molecule has 0 bridgehead atoms. The Hall–Kier alpha value is -4.65. The lowest BCUT2D eigenvalue weighted by Crippen LogP contribution is -2.56. The van der Waals surface area contributed by atoms with Crippen molar-refractivity contribution in [2.45, 2.75) is 12.6 Å². The van der Waals surface area contributed by atoms with Crippen LogP contribution in [0.4, 0.5) is 39.2 Å². The normalized spacial score (nSPS) is 15.7. The van der Waals surface area contributed by atoms with Crippen LogP contribution < -0.4 is 40.4 Å². The second-order valence-electron chi connectivity index (χ2n) is 11.0. The van der Waals surface area contributed by atoms with Crippen molar-refractivity contribution in [3.8, 4) is 17.2 Å². The van der Waals surface area contributed by atoms with Gasteiger partial charge in [-0.15, -0.1) is 0 Å². The minimum Gasteiger partial charge on any atom is -0.495 e. The van der Waals surface area contributed by atoms with Crippen molar-refractivity contribution in [2.75, 3.05) is 73.7 Å². The van der Waals surface area contributed by atoms with Gasteiger partial charge in [-0.3, -0.25) is 4.90 Å². The molecule has 240 valence electrons. The average molecular weight is 666 g/mol. The van der Waals surface area contributed by atoms with Crippen LogP contribution in [0.1, 0.15) is 5.56 Å². The molecule has 1 aromatic heterocycles. The summed E-state index contributed by atoms with van der Waals surface area (Å²) >= 11 is 13.1. The van der Waals surface area contributed by atoms with Crippen molar-refractivity contribution in [3.05, 3.63) is 76.5 Å². The first-order chi connectivity index (χ1) is 22.2. The monoisotopic (exact) mass is 664 g/mol. The molecule has 2 aliphatic rings. The first-order valence-electron chi connectivity index (χ1n) is 14.6. The molecule has 6 rings (SSSR count). The van der Waals surface area contributed by atoms with Crippen LogP contribution in [0.5, 0.6) is 17.2 Å². The quantitative estimate of drug-likeness (QED) is 0.196. The number of hydrogen-bond donors (Lipinski definition) is 3. The minimum atomic E-state index is -0.551. The predicted molar refractivity (Wildman–Crippen MR) is 182 cm³/mol. The van der Waals surface area contributed by atoms with Crippen LogP contribution in [0.2, 0.25) is 10.0 Å². The van der Waals surface area contributed by atoms with E-state index in [1.807, 2.05) is 24.3 Å². The van der Waals surface area contributed by atoms with Gasteiger partial charge in [-0.25, -0.2) is 14.8 Å². The molecular weight excluding hydrogens is 631 g/mol. The number of aromatic nitrogens is 2. The highest BCUT2D eigenvalue weighted by Gasteiger charge is 2.32. The van der Waals surface area contributed by atoms with E-state index in [9.17, 15) is 4.79 Å². The second kappa shape index (κ2) is 13.4. The van der Waals surface area contributed by atoms with E-state index in [2.05, 4.69) is 43.5 Å². The maximum absolute atomic E-state index is 13.9. The third-order valence-electron chi connectivity index (χ3n) is 7.96. The second-order valence-corrected chi connectivity index (χ2v) is 11.8. The molecule has 0 aliphatic carbocycles. The van der Waals surface area contributed by atoms with Gasteiger partial charge in [0.2, 0.25) is 0 Å². The first-order valence-corrected chi connectivity index (χ1v) is 15.3. The Bertz CT molecular complexity index is 1710. The fraction of sp³-hybridized carbons (Fsp3) is 0.281. The fourth-order valence-corrected chi connectivity index (χ4v) is 6.14. The van der Waals surface area contributed by atoms with Gasteiger partial charge in [0.25, 0.3) is 0 Å². The molecule has 12 nitrogen and oxygen atoms in total. The molecule has 0 saturated carbocycles.